The zero-order chi connectivity index (χ0) is 17.5. The molecule has 128 valence electrons. The maximum atomic E-state index is 11.5. The van der Waals surface area contributed by atoms with E-state index in [0.717, 1.165) is 31.0 Å². The smallest absolute Gasteiger partial charge is 0.159 e. The molecule has 0 saturated carbocycles. The number of carbonyl (C=O) groups excluding carboxylic acids is 1. The van der Waals surface area contributed by atoms with Gasteiger partial charge in [0.25, 0.3) is 0 Å². The second kappa shape index (κ2) is 8.40. The van der Waals surface area contributed by atoms with Crippen molar-refractivity contribution in [2.75, 3.05) is 37.8 Å². The summed E-state index contributed by atoms with van der Waals surface area (Å²) in [5.74, 6) is 2.24. The molecule has 1 aromatic heterocycles. The van der Waals surface area contributed by atoms with E-state index in [1.54, 1.807) is 13.0 Å². The second-order valence-corrected chi connectivity index (χ2v) is 6.03. The lowest BCUT2D eigenvalue weighted by molar-refractivity contribution is 0.101. The lowest BCUT2D eigenvalue weighted by atomic mass is 10.1. The van der Waals surface area contributed by atoms with Crippen LogP contribution in [0, 0.1) is 6.92 Å². The number of hydrogen-bond donors (Lipinski definition) is 2. The van der Waals surface area contributed by atoms with E-state index < -0.39 is 0 Å². The maximum absolute atomic E-state index is 11.5. The Hall–Kier alpha value is -2.47. The predicted molar refractivity (Wildman–Crippen MR) is 98.2 cm³/mol. The number of hydrogen-bond acceptors (Lipinski definition) is 6. The number of nitrogens with one attached hydrogen (secondary N) is 2. The van der Waals surface area contributed by atoms with Crippen LogP contribution in [-0.2, 0) is 0 Å². The topological polar surface area (TPSA) is 70.2 Å². The number of ketones is 1. The zero-order valence-corrected chi connectivity index (χ0v) is 14.8. The molecular formula is C18H25N5O. The average Bonchev–Trinajstić information content (AvgIpc) is 2.51. The number of nitrogens with zero attached hydrogens (tertiary/aromatic N) is 3. The van der Waals surface area contributed by atoms with Crippen LogP contribution >= 0.6 is 0 Å². The van der Waals surface area contributed by atoms with Gasteiger partial charge in [0.2, 0.25) is 0 Å². The molecule has 0 aliphatic heterocycles. The normalized spacial score (nSPS) is 10.7. The van der Waals surface area contributed by atoms with E-state index in [2.05, 4.69) is 39.6 Å². The SMILES string of the molecule is CC(=O)c1cccc(Nc2cc(NCCCN(C)C)nc(C)n2)c1. The van der Waals surface area contributed by atoms with Gasteiger partial charge >= 0.3 is 0 Å². The molecule has 0 aliphatic carbocycles. The van der Waals surface area contributed by atoms with Gasteiger partial charge in [0.1, 0.15) is 17.5 Å². The summed E-state index contributed by atoms with van der Waals surface area (Å²) >= 11 is 0. The number of aryl methyl sites for hydroxylation is 1. The molecule has 24 heavy (non-hydrogen) atoms. The molecular weight excluding hydrogens is 302 g/mol. The van der Waals surface area contributed by atoms with Crippen LogP contribution in [0.2, 0.25) is 0 Å². The highest BCUT2D eigenvalue weighted by atomic mass is 16.1. The van der Waals surface area contributed by atoms with Gasteiger partial charge in [0, 0.05) is 23.9 Å². The Bertz CT molecular complexity index is 700. The molecule has 0 fully saturated rings. The minimum Gasteiger partial charge on any atom is -0.370 e. The highest BCUT2D eigenvalue weighted by molar-refractivity contribution is 5.95. The molecule has 1 aromatic carbocycles. The van der Waals surface area contributed by atoms with Gasteiger partial charge < -0.3 is 15.5 Å². The lowest BCUT2D eigenvalue weighted by Crippen LogP contribution is -2.16. The van der Waals surface area contributed by atoms with Crippen LogP contribution < -0.4 is 10.6 Å². The number of benzene rings is 1. The van der Waals surface area contributed by atoms with Crippen molar-refractivity contribution in [2.24, 2.45) is 0 Å². The van der Waals surface area contributed by atoms with E-state index in [4.69, 9.17) is 0 Å². The number of carbonyl (C=O) groups is 1. The molecule has 0 amide bonds. The van der Waals surface area contributed by atoms with Gasteiger partial charge in [-0.15, -0.1) is 0 Å². The van der Waals surface area contributed by atoms with Crippen LogP contribution in [0.3, 0.4) is 0 Å². The van der Waals surface area contributed by atoms with E-state index in [-0.39, 0.29) is 5.78 Å². The van der Waals surface area contributed by atoms with Crippen LogP contribution in [0.5, 0.6) is 0 Å². The monoisotopic (exact) mass is 327 g/mol. The van der Waals surface area contributed by atoms with Gasteiger partial charge in [-0.25, -0.2) is 9.97 Å². The Labute approximate surface area is 143 Å². The summed E-state index contributed by atoms with van der Waals surface area (Å²) in [6.07, 6.45) is 1.04. The fourth-order valence-electron chi connectivity index (χ4n) is 2.30. The fraction of sp³-hybridized carbons (Fsp3) is 0.389. The third-order valence-corrected chi connectivity index (χ3v) is 3.47. The van der Waals surface area contributed by atoms with Crippen LogP contribution in [0.1, 0.15) is 29.5 Å². The molecule has 0 unspecified atom stereocenters. The van der Waals surface area contributed by atoms with Crippen molar-refractivity contribution in [2.45, 2.75) is 20.3 Å². The van der Waals surface area contributed by atoms with Crippen molar-refractivity contribution < 1.29 is 4.79 Å². The Morgan fingerprint density at radius 1 is 1.17 bits per heavy atom. The summed E-state index contributed by atoms with van der Waals surface area (Å²) in [7, 11) is 4.12. The largest absolute Gasteiger partial charge is 0.370 e. The first kappa shape index (κ1) is 17.9. The zero-order valence-electron chi connectivity index (χ0n) is 14.8. The summed E-state index contributed by atoms with van der Waals surface area (Å²) in [5.41, 5.74) is 1.51. The molecule has 2 aromatic rings. The molecule has 0 radical (unpaired) electrons. The summed E-state index contributed by atoms with van der Waals surface area (Å²) in [6.45, 7) is 5.31. The first-order chi connectivity index (χ1) is 11.4. The highest BCUT2D eigenvalue weighted by Crippen LogP contribution is 2.19. The molecule has 2 rings (SSSR count). The van der Waals surface area contributed by atoms with Gasteiger partial charge in [-0.05, 0) is 53.0 Å². The van der Waals surface area contributed by atoms with Gasteiger partial charge in [-0.1, -0.05) is 12.1 Å². The van der Waals surface area contributed by atoms with Crippen LogP contribution in [0.4, 0.5) is 17.3 Å². The highest BCUT2D eigenvalue weighted by Gasteiger charge is 2.05. The minimum atomic E-state index is 0.0424. The summed E-state index contributed by atoms with van der Waals surface area (Å²) in [6, 6.07) is 9.27. The molecule has 0 atom stereocenters. The van der Waals surface area contributed by atoms with Crippen molar-refractivity contribution in [1.82, 2.24) is 14.9 Å². The van der Waals surface area contributed by atoms with Crippen molar-refractivity contribution in [3.8, 4) is 0 Å². The third-order valence-electron chi connectivity index (χ3n) is 3.47. The molecule has 0 bridgehead atoms. The van der Waals surface area contributed by atoms with E-state index in [1.807, 2.05) is 31.2 Å². The lowest BCUT2D eigenvalue weighted by Gasteiger charge is -2.12. The minimum absolute atomic E-state index is 0.0424. The molecule has 2 N–H and O–H groups in total. The van der Waals surface area contributed by atoms with Gasteiger partial charge in [0.15, 0.2) is 5.78 Å². The molecule has 0 aliphatic rings. The number of anilines is 3. The fourth-order valence-corrected chi connectivity index (χ4v) is 2.30. The number of Topliss-reactive ketones (excluding diaryl/α,β-unsaturated/α-hetero) is 1. The standard InChI is InChI=1S/C18H25N5O/c1-13(24)15-7-5-8-16(11-15)22-18-12-17(20-14(2)21-18)19-9-6-10-23(3)4/h5,7-8,11-12H,6,9-10H2,1-4H3,(H2,19,20,21,22). The van der Waals surface area contributed by atoms with Crippen LogP contribution in [0.25, 0.3) is 0 Å². The van der Waals surface area contributed by atoms with E-state index in [1.165, 1.54) is 0 Å². The second-order valence-electron chi connectivity index (χ2n) is 6.03. The van der Waals surface area contributed by atoms with Crippen molar-refractivity contribution in [3.05, 3.63) is 41.7 Å². The van der Waals surface area contributed by atoms with Crippen LogP contribution in [-0.4, -0.2) is 47.8 Å². The molecule has 6 heteroatoms. The molecule has 0 saturated heterocycles. The average molecular weight is 327 g/mol. The van der Waals surface area contributed by atoms with Gasteiger partial charge in [-0.2, -0.15) is 0 Å². The summed E-state index contributed by atoms with van der Waals surface area (Å²) in [5, 5.41) is 6.56. The Kier molecular flexibility index (Phi) is 6.26. The van der Waals surface area contributed by atoms with Crippen molar-refractivity contribution in [3.63, 3.8) is 0 Å². The predicted octanol–water partition coefficient (Wildman–Crippen LogP) is 3.09. The van der Waals surface area contributed by atoms with Crippen LogP contribution in [0.15, 0.2) is 30.3 Å². The third kappa shape index (κ3) is 5.62. The molecule has 1 heterocycles. The Balaban J connectivity index is 2.05. The van der Waals surface area contributed by atoms with E-state index in [9.17, 15) is 4.79 Å². The molecule has 6 nitrogen and oxygen atoms in total. The molecule has 0 spiro atoms. The first-order valence-corrected chi connectivity index (χ1v) is 8.06. The van der Waals surface area contributed by atoms with Crippen molar-refractivity contribution >= 4 is 23.1 Å². The summed E-state index contributed by atoms with van der Waals surface area (Å²) in [4.78, 5) is 22.5. The quantitative estimate of drug-likeness (QED) is 0.573. The van der Waals surface area contributed by atoms with E-state index >= 15 is 0 Å². The maximum Gasteiger partial charge on any atom is 0.159 e. The Morgan fingerprint density at radius 3 is 2.62 bits per heavy atom. The van der Waals surface area contributed by atoms with Gasteiger partial charge in [0.05, 0.1) is 0 Å². The summed E-state index contributed by atoms with van der Waals surface area (Å²) < 4.78 is 0. The number of aromatic nitrogens is 2. The number of rotatable bonds is 8. The van der Waals surface area contributed by atoms with Gasteiger partial charge in [-0.3, -0.25) is 4.79 Å². The van der Waals surface area contributed by atoms with E-state index in [0.29, 0.717) is 17.2 Å². The van der Waals surface area contributed by atoms with Crippen molar-refractivity contribution in [1.29, 1.82) is 0 Å². The Morgan fingerprint density at radius 2 is 1.92 bits per heavy atom. The first-order valence-electron chi connectivity index (χ1n) is 8.06.